The zero-order valence-electron chi connectivity index (χ0n) is 24.8. The number of rotatable bonds is 14. The van der Waals surface area contributed by atoms with Crippen molar-refractivity contribution in [1.82, 2.24) is 9.62 Å². The number of nitrogens with zero attached hydrogens (tertiary/aromatic N) is 2. The molecular weight excluding hydrogens is 574 g/mol. The minimum absolute atomic E-state index is 0.0399. The predicted molar refractivity (Wildman–Crippen MR) is 158 cm³/mol. The van der Waals surface area contributed by atoms with Crippen LogP contribution in [0.3, 0.4) is 0 Å². The number of hydrogen-bond donors (Lipinski definition) is 2. The second-order valence-corrected chi connectivity index (χ2v) is 13.7. The first kappa shape index (κ1) is 32.7. The number of nitriles is 1. The van der Waals surface area contributed by atoms with Crippen LogP contribution in [0.2, 0.25) is 0 Å². The zero-order chi connectivity index (χ0) is 31.0. The SMILES string of the molecule is COc1ccc(S(=O)(=O)N(CC(O)C(Cc2ccccc2)NC(=O)O[C@@H]2CO[C@H]3OCC[C@H]32)CC(C)(C)CCC#N)cc1. The first-order chi connectivity index (χ1) is 20.5. The van der Waals surface area contributed by atoms with E-state index >= 15 is 0 Å². The summed E-state index contributed by atoms with van der Waals surface area (Å²) in [6.07, 6.45) is -1.20. The maximum absolute atomic E-state index is 13.9. The number of fused-ring (bicyclic) bond motifs is 1. The molecule has 0 saturated carbocycles. The Balaban J connectivity index is 1.56. The van der Waals surface area contributed by atoms with Crippen molar-refractivity contribution in [3.05, 3.63) is 60.2 Å². The third-order valence-electron chi connectivity index (χ3n) is 7.92. The lowest BCUT2D eigenvalue weighted by Gasteiger charge is -2.35. The van der Waals surface area contributed by atoms with E-state index in [-0.39, 0.29) is 49.6 Å². The fourth-order valence-electron chi connectivity index (χ4n) is 5.45. The number of hydrogen-bond acceptors (Lipinski definition) is 9. The van der Waals surface area contributed by atoms with E-state index in [0.29, 0.717) is 18.8 Å². The highest BCUT2D eigenvalue weighted by atomic mass is 32.2. The Labute approximate surface area is 253 Å². The Bertz CT molecular complexity index is 1350. The summed E-state index contributed by atoms with van der Waals surface area (Å²) >= 11 is 0. The first-order valence-corrected chi connectivity index (χ1v) is 15.9. The molecule has 11 nitrogen and oxygen atoms in total. The molecule has 5 atom stereocenters. The van der Waals surface area contributed by atoms with Crippen molar-refractivity contribution in [3.63, 3.8) is 0 Å². The van der Waals surface area contributed by atoms with Gasteiger partial charge in [0.1, 0.15) is 11.9 Å². The highest BCUT2D eigenvalue weighted by Gasteiger charge is 2.44. The summed E-state index contributed by atoms with van der Waals surface area (Å²) in [5.74, 6) is 0.456. The van der Waals surface area contributed by atoms with Crippen LogP contribution in [0.1, 0.15) is 38.7 Å². The van der Waals surface area contributed by atoms with Gasteiger partial charge in [0.05, 0.1) is 49.4 Å². The molecule has 2 aromatic carbocycles. The molecule has 234 valence electrons. The van der Waals surface area contributed by atoms with Crippen molar-refractivity contribution < 1.29 is 37.3 Å². The minimum atomic E-state index is -4.08. The van der Waals surface area contributed by atoms with Crippen molar-refractivity contribution in [2.45, 2.75) is 69.0 Å². The van der Waals surface area contributed by atoms with Crippen molar-refractivity contribution in [2.24, 2.45) is 11.3 Å². The van der Waals surface area contributed by atoms with E-state index in [9.17, 15) is 18.3 Å². The normalized spacial score (nSPS) is 21.5. The van der Waals surface area contributed by atoms with E-state index < -0.39 is 39.8 Å². The summed E-state index contributed by atoms with van der Waals surface area (Å²) in [4.78, 5) is 13.1. The van der Waals surface area contributed by atoms with Crippen LogP contribution in [0, 0.1) is 22.7 Å². The number of sulfonamides is 1. The van der Waals surface area contributed by atoms with E-state index in [1.807, 2.05) is 44.2 Å². The molecular formula is C31H41N3O8S. The average molecular weight is 616 g/mol. The molecule has 2 fully saturated rings. The maximum Gasteiger partial charge on any atom is 0.407 e. The molecule has 2 N–H and O–H groups in total. The third kappa shape index (κ3) is 8.68. The molecule has 2 heterocycles. The summed E-state index contributed by atoms with van der Waals surface area (Å²) in [6.45, 7) is 4.27. The monoisotopic (exact) mass is 615 g/mol. The van der Waals surface area contributed by atoms with Gasteiger partial charge in [-0.2, -0.15) is 9.57 Å². The van der Waals surface area contributed by atoms with Crippen LogP contribution in [0.4, 0.5) is 4.79 Å². The number of ether oxygens (including phenoxy) is 4. The largest absolute Gasteiger partial charge is 0.497 e. The van der Waals surface area contributed by atoms with Crippen molar-refractivity contribution in [2.75, 3.05) is 33.4 Å². The molecule has 2 aliphatic heterocycles. The van der Waals surface area contributed by atoms with Crippen LogP contribution < -0.4 is 10.1 Å². The van der Waals surface area contributed by atoms with Gasteiger partial charge in [0.25, 0.3) is 0 Å². The number of methoxy groups -OCH3 is 1. The lowest BCUT2D eigenvalue weighted by molar-refractivity contribution is -0.0907. The summed E-state index contributed by atoms with van der Waals surface area (Å²) in [5, 5.41) is 23.5. The second kappa shape index (κ2) is 14.5. The summed E-state index contributed by atoms with van der Waals surface area (Å²) in [5.41, 5.74) is 0.276. The first-order valence-electron chi connectivity index (χ1n) is 14.5. The molecule has 4 rings (SSSR count). The Morgan fingerprint density at radius 1 is 1.19 bits per heavy atom. The number of aliphatic hydroxyl groups is 1. The lowest BCUT2D eigenvalue weighted by atomic mass is 9.88. The molecule has 0 aromatic heterocycles. The standard InChI is InChI=1S/C31H41N3O8S/c1-31(2,15-7-16-32)21-34(43(37,38)24-12-10-23(39-3)11-13-24)19-27(35)26(18-22-8-5-4-6-9-22)33-30(36)42-28-20-41-29-25(28)14-17-40-29/h4-6,8-13,25-29,35H,7,14-15,17-21H2,1-3H3,(H,33,36)/t25-,26?,27?,28+,29+/m0/s1. The molecule has 0 radical (unpaired) electrons. The Morgan fingerprint density at radius 2 is 1.91 bits per heavy atom. The van der Waals surface area contributed by atoms with Gasteiger partial charge in [0.2, 0.25) is 10.0 Å². The fraction of sp³-hybridized carbons (Fsp3) is 0.548. The van der Waals surface area contributed by atoms with E-state index in [1.165, 1.54) is 23.5 Å². The molecule has 1 amide bonds. The summed E-state index contributed by atoms with van der Waals surface area (Å²) in [7, 11) is -2.59. The highest BCUT2D eigenvalue weighted by Crippen LogP contribution is 2.33. The zero-order valence-corrected chi connectivity index (χ0v) is 25.7. The van der Waals surface area contributed by atoms with Gasteiger partial charge < -0.3 is 29.4 Å². The van der Waals surface area contributed by atoms with Crippen LogP contribution in [-0.4, -0.2) is 81.9 Å². The topological polar surface area (TPSA) is 147 Å². The molecule has 2 unspecified atom stereocenters. The maximum atomic E-state index is 13.9. The predicted octanol–water partition coefficient (Wildman–Crippen LogP) is 3.48. The van der Waals surface area contributed by atoms with Gasteiger partial charge in [0, 0.05) is 19.5 Å². The van der Waals surface area contributed by atoms with Crippen LogP contribution in [-0.2, 0) is 30.7 Å². The van der Waals surface area contributed by atoms with E-state index in [0.717, 1.165) is 12.0 Å². The molecule has 12 heteroatoms. The molecule has 2 saturated heterocycles. The van der Waals surface area contributed by atoms with Gasteiger partial charge in [-0.25, -0.2) is 13.2 Å². The van der Waals surface area contributed by atoms with Crippen LogP contribution in [0.25, 0.3) is 0 Å². The molecule has 0 bridgehead atoms. The van der Waals surface area contributed by atoms with Gasteiger partial charge >= 0.3 is 6.09 Å². The summed E-state index contributed by atoms with van der Waals surface area (Å²) in [6, 6.07) is 16.6. The molecule has 0 aliphatic carbocycles. The Kier molecular flexibility index (Phi) is 11.0. The number of carbonyl (C=O) groups excluding carboxylic acids is 1. The molecule has 2 aliphatic rings. The van der Waals surface area contributed by atoms with Crippen LogP contribution in [0.15, 0.2) is 59.5 Å². The van der Waals surface area contributed by atoms with Crippen molar-refractivity contribution in [1.29, 1.82) is 5.26 Å². The van der Waals surface area contributed by atoms with Crippen molar-refractivity contribution in [3.8, 4) is 11.8 Å². The lowest BCUT2D eigenvalue weighted by Crippen LogP contribution is -2.52. The number of aliphatic hydroxyl groups excluding tert-OH is 1. The third-order valence-corrected chi connectivity index (χ3v) is 9.74. The second-order valence-electron chi connectivity index (χ2n) is 11.8. The van der Waals surface area contributed by atoms with Crippen LogP contribution in [0.5, 0.6) is 5.75 Å². The highest BCUT2D eigenvalue weighted by molar-refractivity contribution is 7.89. The minimum Gasteiger partial charge on any atom is -0.497 e. The van der Waals surface area contributed by atoms with Crippen molar-refractivity contribution >= 4 is 16.1 Å². The Hall–Kier alpha value is -3.21. The van der Waals surface area contributed by atoms with Crippen LogP contribution >= 0.6 is 0 Å². The van der Waals surface area contributed by atoms with E-state index in [2.05, 4.69) is 11.4 Å². The van der Waals surface area contributed by atoms with Gasteiger partial charge in [-0.15, -0.1) is 0 Å². The number of nitrogens with one attached hydrogen (secondary N) is 1. The number of benzene rings is 2. The van der Waals surface area contributed by atoms with Gasteiger partial charge in [-0.05, 0) is 54.5 Å². The fourth-order valence-corrected chi connectivity index (χ4v) is 7.10. The smallest absolute Gasteiger partial charge is 0.407 e. The van der Waals surface area contributed by atoms with Gasteiger partial charge in [-0.3, -0.25) is 0 Å². The number of alkyl carbamates (subject to hydrolysis) is 1. The van der Waals surface area contributed by atoms with E-state index in [4.69, 9.17) is 24.2 Å². The van der Waals surface area contributed by atoms with Gasteiger partial charge in [-0.1, -0.05) is 44.2 Å². The van der Waals surface area contributed by atoms with E-state index in [1.54, 1.807) is 12.1 Å². The molecule has 43 heavy (non-hydrogen) atoms. The molecule has 2 aromatic rings. The molecule has 0 spiro atoms. The van der Waals surface area contributed by atoms with Gasteiger partial charge in [0.15, 0.2) is 6.29 Å². The Morgan fingerprint density at radius 3 is 2.58 bits per heavy atom. The number of carbonyl (C=O) groups is 1. The number of amides is 1. The summed E-state index contributed by atoms with van der Waals surface area (Å²) < 4.78 is 51.1. The quantitative estimate of drug-likeness (QED) is 0.326. The average Bonchev–Trinajstić information content (AvgIpc) is 3.61.